The molecule has 5 heteroatoms. The van der Waals surface area contributed by atoms with Crippen molar-refractivity contribution in [3.8, 4) is 0 Å². The van der Waals surface area contributed by atoms with Crippen LogP contribution in [0.3, 0.4) is 0 Å². The lowest BCUT2D eigenvalue weighted by molar-refractivity contribution is -0.000947. The monoisotopic (exact) mass is 301 g/mol. The molecule has 2 rings (SSSR count). The molecule has 1 N–H and O–H groups in total. The smallest absolute Gasteiger partial charge is 0.154 e. The molecule has 0 radical (unpaired) electrons. The Balaban J connectivity index is 2.27. The lowest BCUT2D eigenvalue weighted by Crippen LogP contribution is -2.33. The second kappa shape index (κ2) is 4.69. The number of halogens is 1. The van der Waals surface area contributed by atoms with Crippen molar-refractivity contribution in [2.75, 3.05) is 0 Å². The third-order valence-electron chi connectivity index (χ3n) is 4.08. The molecule has 1 aromatic heterocycles. The summed E-state index contributed by atoms with van der Waals surface area (Å²) in [6, 6.07) is 0. The van der Waals surface area contributed by atoms with E-state index in [2.05, 4.69) is 40.1 Å². The first-order chi connectivity index (χ1) is 7.93. The van der Waals surface area contributed by atoms with Crippen molar-refractivity contribution in [1.82, 2.24) is 15.0 Å². The highest BCUT2D eigenvalue weighted by Gasteiger charge is 2.39. The van der Waals surface area contributed by atoms with Crippen LogP contribution in [0.1, 0.15) is 51.3 Å². The van der Waals surface area contributed by atoms with Crippen LogP contribution in [-0.2, 0) is 7.05 Å². The van der Waals surface area contributed by atoms with Gasteiger partial charge in [-0.05, 0) is 40.1 Å². The molecule has 4 nitrogen and oxygen atoms in total. The summed E-state index contributed by atoms with van der Waals surface area (Å²) >= 11 is 3.37. The Kier molecular flexibility index (Phi) is 3.59. The highest BCUT2D eigenvalue weighted by Crippen LogP contribution is 2.47. The zero-order valence-electron chi connectivity index (χ0n) is 10.6. The molecule has 0 amide bonds. The summed E-state index contributed by atoms with van der Waals surface area (Å²) in [4.78, 5) is 0. The van der Waals surface area contributed by atoms with E-state index in [0.717, 1.165) is 12.1 Å². The topological polar surface area (TPSA) is 50.9 Å². The molecule has 0 spiro atoms. The molecule has 0 bridgehead atoms. The maximum atomic E-state index is 10.6. The fourth-order valence-electron chi connectivity index (χ4n) is 2.95. The molecule has 1 fully saturated rings. The first kappa shape index (κ1) is 13.0. The first-order valence-electron chi connectivity index (χ1n) is 6.16. The average molecular weight is 302 g/mol. The van der Waals surface area contributed by atoms with E-state index in [9.17, 15) is 5.11 Å². The number of aryl methyl sites for hydroxylation is 1. The number of nitrogens with zero attached hydrogens (tertiary/aromatic N) is 3. The van der Waals surface area contributed by atoms with Crippen LogP contribution in [0.5, 0.6) is 0 Å². The van der Waals surface area contributed by atoms with E-state index in [4.69, 9.17) is 0 Å². The first-order valence-corrected chi connectivity index (χ1v) is 6.96. The van der Waals surface area contributed by atoms with E-state index >= 15 is 0 Å². The van der Waals surface area contributed by atoms with E-state index in [-0.39, 0.29) is 11.3 Å². The summed E-state index contributed by atoms with van der Waals surface area (Å²) in [7, 11) is 1.83. The van der Waals surface area contributed by atoms with E-state index in [1.807, 2.05) is 7.05 Å². The molecule has 17 heavy (non-hydrogen) atoms. The fourth-order valence-corrected chi connectivity index (χ4v) is 3.51. The molecular formula is C12H20BrN3O. The van der Waals surface area contributed by atoms with Crippen molar-refractivity contribution in [1.29, 1.82) is 0 Å². The van der Waals surface area contributed by atoms with Gasteiger partial charge in [0.15, 0.2) is 4.60 Å². The van der Waals surface area contributed by atoms with Crippen molar-refractivity contribution in [2.45, 2.75) is 45.6 Å². The van der Waals surface area contributed by atoms with E-state index in [0.29, 0.717) is 4.60 Å². The third kappa shape index (κ3) is 2.40. The molecule has 1 aliphatic rings. The minimum absolute atomic E-state index is 0.182. The second-order valence-corrected chi connectivity index (χ2v) is 6.43. The van der Waals surface area contributed by atoms with Crippen LogP contribution in [0, 0.1) is 11.3 Å². The lowest BCUT2D eigenvalue weighted by atomic mass is 9.66. The highest BCUT2D eigenvalue weighted by molar-refractivity contribution is 9.10. The number of hydrogen-bond donors (Lipinski definition) is 1. The molecule has 1 heterocycles. The van der Waals surface area contributed by atoms with Crippen LogP contribution < -0.4 is 0 Å². The van der Waals surface area contributed by atoms with Gasteiger partial charge < -0.3 is 5.11 Å². The Morgan fingerprint density at radius 3 is 2.71 bits per heavy atom. The predicted octanol–water partition coefficient (Wildman–Crippen LogP) is 2.83. The molecule has 0 saturated heterocycles. The van der Waals surface area contributed by atoms with Crippen LogP contribution in [0.25, 0.3) is 0 Å². The lowest BCUT2D eigenvalue weighted by Gasteiger charge is -2.41. The van der Waals surface area contributed by atoms with E-state index < -0.39 is 6.10 Å². The molecular weight excluding hydrogens is 282 g/mol. The molecule has 2 atom stereocenters. The Labute approximate surface area is 111 Å². The third-order valence-corrected chi connectivity index (χ3v) is 4.64. The van der Waals surface area contributed by atoms with Crippen LogP contribution in [0.4, 0.5) is 0 Å². The summed E-state index contributed by atoms with van der Waals surface area (Å²) in [6.07, 6.45) is 4.23. The second-order valence-electron chi connectivity index (χ2n) is 5.67. The SMILES string of the molecule is Cn1nnc(Br)c1C(O)C1CCCCC1(C)C. The zero-order chi connectivity index (χ0) is 12.6. The molecule has 1 saturated carbocycles. The molecule has 1 aliphatic carbocycles. The summed E-state index contributed by atoms with van der Waals surface area (Å²) in [6.45, 7) is 4.50. The molecule has 0 aromatic carbocycles. The standard InChI is InChI=1S/C12H20BrN3O/c1-12(2)7-5-4-6-8(12)10(17)9-11(13)14-15-16(9)3/h8,10,17H,4-7H2,1-3H3. The number of hydrogen-bond acceptors (Lipinski definition) is 3. The van der Waals surface area contributed by atoms with E-state index in [1.165, 1.54) is 19.3 Å². The van der Waals surface area contributed by atoms with Crippen LogP contribution in [0.2, 0.25) is 0 Å². The van der Waals surface area contributed by atoms with Crippen molar-refractivity contribution < 1.29 is 5.11 Å². The maximum Gasteiger partial charge on any atom is 0.154 e. The number of aliphatic hydroxyl groups is 1. The van der Waals surface area contributed by atoms with Crippen molar-refractivity contribution in [2.24, 2.45) is 18.4 Å². The summed E-state index contributed by atoms with van der Waals surface area (Å²) in [5.74, 6) is 0.282. The minimum Gasteiger partial charge on any atom is -0.386 e. The van der Waals surface area contributed by atoms with Gasteiger partial charge in [-0.15, -0.1) is 5.10 Å². The summed E-state index contributed by atoms with van der Waals surface area (Å²) in [5, 5.41) is 18.5. The van der Waals surface area contributed by atoms with Gasteiger partial charge in [0.05, 0.1) is 0 Å². The highest BCUT2D eigenvalue weighted by atomic mass is 79.9. The van der Waals surface area contributed by atoms with Gasteiger partial charge in [0, 0.05) is 7.05 Å². The molecule has 1 aromatic rings. The molecule has 0 aliphatic heterocycles. The largest absolute Gasteiger partial charge is 0.386 e. The Morgan fingerprint density at radius 1 is 1.47 bits per heavy atom. The quantitative estimate of drug-likeness (QED) is 0.914. The Hall–Kier alpha value is -0.420. The van der Waals surface area contributed by atoms with Gasteiger partial charge >= 0.3 is 0 Å². The number of aromatic nitrogens is 3. The van der Waals surface area contributed by atoms with Gasteiger partial charge in [-0.25, -0.2) is 4.68 Å². The predicted molar refractivity (Wildman–Crippen MR) is 69.4 cm³/mol. The van der Waals surface area contributed by atoms with Crippen molar-refractivity contribution in [3.63, 3.8) is 0 Å². The van der Waals surface area contributed by atoms with Crippen LogP contribution >= 0.6 is 15.9 Å². The van der Waals surface area contributed by atoms with Crippen molar-refractivity contribution in [3.05, 3.63) is 10.3 Å². The van der Waals surface area contributed by atoms with Crippen LogP contribution in [-0.4, -0.2) is 20.1 Å². The molecule has 96 valence electrons. The number of aliphatic hydroxyl groups excluding tert-OH is 1. The van der Waals surface area contributed by atoms with Crippen LogP contribution in [0.15, 0.2) is 4.60 Å². The van der Waals surface area contributed by atoms with Gasteiger partial charge in [-0.1, -0.05) is 31.9 Å². The van der Waals surface area contributed by atoms with Gasteiger partial charge in [0.1, 0.15) is 11.8 Å². The molecule has 2 unspecified atom stereocenters. The van der Waals surface area contributed by atoms with E-state index in [1.54, 1.807) is 4.68 Å². The van der Waals surface area contributed by atoms with Gasteiger partial charge in [0.2, 0.25) is 0 Å². The zero-order valence-corrected chi connectivity index (χ0v) is 12.2. The fraction of sp³-hybridized carbons (Fsp3) is 0.833. The summed E-state index contributed by atoms with van der Waals surface area (Å²) in [5.41, 5.74) is 0.978. The normalized spacial score (nSPS) is 25.8. The van der Waals surface area contributed by atoms with Crippen molar-refractivity contribution >= 4 is 15.9 Å². The average Bonchev–Trinajstić information content (AvgIpc) is 2.57. The van der Waals surface area contributed by atoms with Gasteiger partial charge in [0.25, 0.3) is 0 Å². The Morgan fingerprint density at radius 2 is 2.18 bits per heavy atom. The number of rotatable bonds is 2. The summed E-state index contributed by atoms with van der Waals surface area (Å²) < 4.78 is 2.33. The Bertz CT molecular complexity index is 383. The minimum atomic E-state index is -0.486. The maximum absolute atomic E-state index is 10.6. The van der Waals surface area contributed by atoms with Gasteiger partial charge in [-0.3, -0.25) is 0 Å². The van der Waals surface area contributed by atoms with Gasteiger partial charge in [-0.2, -0.15) is 0 Å².